The van der Waals surface area contributed by atoms with Gasteiger partial charge in [0.05, 0.1) is 30.1 Å². The van der Waals surface area contributed by atoms with E-state index in [9.17, 15) is 0 Å². The SMILES string of the molecule is COCCNCc1cn(C2CCOC3(CCSC3)C2)nn1. The van der Waals surface area contributed by atoms with E-state index >= 15 is 0 Å². The van der Waals surface area contributed by atoms with E-state index < -0.39 is 0 Å². The molecule has 118 valence electrons. The number of nitrogens with zero attached hydrogens (tertiary/aromatic N) is 3. The largest absolute Gasteiger partial charge is 0.383 e. The van der Waals surface area contributed by atoms with Gasteiger partial charge >= 0.3 is 0 Å². The van der Waals surface area contributed by atoms with Gasteiger partial charge in [-0.15, -0.1) is 5.10 Å². The van der Waals surface area contributed by atoms with Gasteiger partial charge in [0.1, 0.15) is 0 Å². The second kappa shape index (κ2) is 7.09. The molecule has 7 heteroatoms. The van der Waals surface area contributed by atoms with Crippen LogP contribution in [0.2, 0.25) is 0 Å². The normalized spacial score (nSPS) is 29.3. The summed E-state index contributed by atoms with van der Waals surface area (Å²) < 4.78 is 13.1. The van der Waals surface area contributed by atoms with E-state index in [4.69, 9.17) is 9.47 Å². The number of nitrogens with one attached hydrogen (secondary N) is 1. The molecule has 0 amide bonds. The predicted octanol–water partition coefficient (Wildman–Crippen LogP) is 1.24. The van der Waals surface area contributed by atoms with Crippen LogP contribution in [0.4, 0.5) is 0 Å². The van der Waals surface area contributed by atoms with Crippen molar-refractivity contribution in [3.05, 3.63) is 11.9 Å². The molecule has 2 aliphatic rings. The summed E-state index contributed by atoms with van der Waals surface area (Å²) in [5.41, 5.74) is 1.09. The van der Waals surface area contributed by atoms with Crippen molar-refractivity contribution in [3.63, 3.8) is 0 Å². The van der Waals surface area contributed by atoms with E-state index in [2.05, 4.69) is 21.8 Å². The van der Waals surface area contributed by atoms with Crippen LogP contribution in [-0.2, 0) is 16.0 Å². The number of hydrogen-bond acceptors (Lipinski definition) is 6. The van der Waals surface area contributed by atoms with Gasteiger partial charge < -0.3 is 14.8 Å². The van der Waals surface area contributed by atoms with Crippen LogP contribution < -0.4 is 5.32 Å². The maximum Gasteiger partial charge on any atom is 0.0964 e. The maximum atomic E-state index is 6.07. The Morgan fingerprint density at radius 2 is 2.57 bits per heavy atom. The maximum absolute atomic E-state index is 6.07. The quantitative estimate of drug-likeness (QED) is 0.798. The Kier molecular flexibility index (Phi) is 5.15. The number of thioether (sulfide) groups is 1. The van der Waals surface area contributed by atoms with Gasteiger partial charge in [-0.3, -0.25) is 0 Å². The molecule has 0 aromatic carbocycles. The molecule has 1 aromatic heterocycles. The van der Waals surface area contributed by atoms with E-state index in [0.717, 1.165) is 44.0 Å². The molecular weight excluding hydrogens is 288 g/mol. The van der Waals surface area contributed by atoms with Crippen molar-refractivity contribution in [2.75, 3.05) is 38.4 Å². The molecule has 0 bridgehead atoms. The van der Waals surface area contributed by atoms with Crippen LogP contribution in [0.15, 0.2) is 6.20 Å². The van der Waals surface area contributed by atoms with Crippen molar-refractivity contribution in [2.45, 2.75) is 37.5 Å². The highest BCUT2D eigenvalue weighted by Crippen LogP contribution is 2.41. The third kappa shape index (κ3) is 3.77. The van der Waals surface area contributed by atoms with Crippen molar-refractivity contribution < 1.29 is 9.47 Å². The molecule has 2 aliphatic heterocycles. The van der Waals surface area contributed by atoms with Gasteiger partial charge in [-0.1, -0.05) is 5.21 Å². The van der Waals surface area contributed by atoms with Gasteiger partial charge in [0.15, 0.2) is 0 Å². The average Bonchev–Trinajstić information content (AvgIpc) is 3.14. The summed E-state index contributed by atoms with van der Waals surface area (Å²) in [6.07, 6.45) is 5.35. The van der Waals surface area contributed by atoms with Gasteiger partial charge in [-0.25, -0.2) is 4.68 Å². The lowest BCUT2D eigenvalue weighted by atomic mass is 9.90. The molecule has 1 spiro atoms. The lowest BCUT2D eigenvalue weighted by Gasteiger charge is -2.37. The van der Waals surface area contributed by atoms with Crippen molar-refractivity contribution in [1.82, 2.24) is 20.3 Å². The van der Waals surface area contributed by atoms with Crippen LogP contribution in [-0.4, -0.2) is 59.0 Å². The van der Waals surface area contributed by atoms with Crippen molar-refractivity contribution in [2.24, 2.45) is 0 Å². The molecule has 6 nitrogen and oxygen atoms in total. The lowest BCUT2D eigenvalue weighted by Crippen LogP contribution is -2.40. The smallest absolute Gasteiger partial charge is 0.0964 e. The number of hydrogen-bond donors (Lipinski definition) is 1. The Morgan fingerprint density at radius 3 is 3.38 bits per heavy atom. The van der Waals surface area contributed by atoms with Crippen LogP contribution >= 0.6 is 11.8 Å². The summed E-state index contributed by atoms with van der Waals surface area (Å²) in [6.45, 7) is 3.13. The minimum absolute atomic E-state index is 0.0937. The Balaban J connectivity index is 1.55. The minimum atomic E-state index is 0.0937. The summed E-state index contributed by atoms with van der Waals surface area (Å²) in [6, 6.07) is 0.428. The van der Waals surface area contributed by atoms with Crippen LogP contribution in [0.5, 0.6) is 0 Å². The predicted molar refractivity (Wildman–Crippen MR) is 82.5 cm³/mol. The monoisotopic (exact) mass is 312 g/mol. The van der Waals surface area contributed by atoms with Gasteiger partial charge in [-0.05, 0) is 25.0 Å². The zero-order valence-electron chi connectivity index (χ0n) is 12.6. The summed E-state index contributed by atoms with van der Waals surface area (Å²) in [5, 5.41) is 11.9. The van der Waals surface area contributed by atoms with Crippen LogP contribution in [0.1, 0.15) is 31.0 Å². The first-order valence-electron chi connectivity index (χ1n) is 7.63. The fourth-order valence-electron chi connectivity index (χ4n) is 3.05. The van der Waals surface area contributed by atoms with Gasteiger partial charge in [0.2, 0.25) is 0 Å². The zero-order valence-corrected chi connectivity index (χ0v) is 13.4. The zero-order chi connectivity index (χ0) is 14.5. The molecule has 3 rings (SSSR count). The highest BCUT2D eigenvalue weighted by molar-refractivity contribution is 7.99. The first-order valence-corrected chi connectivity index (χ1v) is 8.79. The fourth-order valence-corrected chi connectivity index (χ4v) is 4.43. The molecule has 21 heavy (non-hydrogen) atoms. The molecule has 2 atom stereocenters. The second-order valence-electron chi connectivity index (χ2n) is 5.84. The summed E-state index contributed by atoms with van der Waals surface area (Å²) in [5.74, 6) is 2.35. The molecule has 0 aliphatic carbocycles. The topological polar surface area (TPSA) is 61.2 Å². The van der Waals surface area contributed by atoms with Crippen molar-refractivity contribution >= 4 is 11.8 Å². The van der Waals surface area contributed by atoms with Gasteiger partial charge in [0, 0.05) is 32.6 Å². The van der Waals surface area contributed by atoms with E-state index in [1.165, 1.54) is 12.2 Å². The van der Waals surface area contributed by atoms with Gasteiger partial charge in [-0.2, -0.15) is 11.8 Å². The van der Waals surface area contributed by atoms with Crippen LogP contribution in [0, 0.1) is 0 Å². The second-order valence-corrected chi connectivity index (χ2v) is 6.95. The Hall–Kier alpha value is -0.630. The molecule has 2 unspecified atom stereocenters. The molecule has 1 N–H and O–H groups in total. The highest BCUT2D eigenvalue weighted by Gasteiger charge is 2.41. The van der Waals surface area contributed by atoms with E-state index in [0.29, 0.717) is 12.6 Å². The lowest BCUT2D eigenvalue weighted by molar-refractivity contribution is -0.0780. The Labute approximate surface area is 129 Å². The molecule has 1 aromatic rings. The first-order chi connectivity index (χ1) is 10.3. The van der Waals surface area contributed by atoms with E-state index in [1.54, 1.807) is 7.11 Å². The third-order valence-electron chi connectivity index (χ3n) is 4.26. The van der Waals surface area contributed by atoms with E-state index in [1.807, 2.05) is 16.4 Å². The molecule has 0 radical (unpaired) electrons. The summed E-state index contributed by atoms with van der Waals surface area (Å²) in [7, 11) is 1.71. The molecule has 2 saturated heterocycles. The Morgan fingerprint density at radius 1 is 1.62 bits per heavy atom. The third-order valence-corrected chi connectivity index (χ3v) is 5.48. The van der Waals surface area contributed by atoms with Crippen molar-refractivity contribution in [1.29, 1.82) is 0 Å². The number of aromatic nitrogens is 3. The standard InChI is InChI=1S/C14H24N4O2S/c1-19-6-4-15-9-12-10-18(17-16-12)13-2-5-20-14(8-13)3-7-21-11-14/h10,13,15H,2-9,11H2,1H3. The molecule has 3 heterocycles. The number of rotatable bonds is 6. The first kappa shape index (κ1) is 15.3. The van der Waals surface area contributed by atoms with Crippen LogP contribution in [0.3, 0.4) is 0 Å². The summed E-state index contributed by atoms with van der Waals surface area (Å²) >= 11 is 2.01. The highest BCUT2D eigenvalue weighted by atomic mass is 32.2. The van der Waals surface area contributed by atoms with E-state index in [-0.39, 0.29) is 5.60 Å². The molecule has 2 fully saturated rings. The Bertz CT molecular complexity index is 448. The number of methoxy groups -OCH3 is 1. The minimum Gasteiger partial charge on any atom is -0.383 e. The summed E-state index contributed by atoms with van der Waals surface area (Å²) in [4.78, 5) is 0. The number of ether oxygens (including phenoxy) is 2. The van der Waals surface area contributed by atoms with Crippen molar-refractivity contribution in [3.8, 4) is 0 Å². The fraction of sp³-hybridized carbons (Fsp3) is 0.857. The van der Waals surface area contributed by atoms with Gasteiger partial charge in [0.25, 0.3) is 0 Å². The molecular formula is C14H24N4O2S. The average molecular weight is 312 g/mol. The molecule has 0 saturated carbocycles. The van der Waals surface area contributed by atoms with Crippen LogP contribution in [0.25, 0.3) is 0 Å².